The number of hydrogen-bond donors (Lipinski definition) is 1. The number of rotatable bonds is 5. The Morgan fingerprint density at radius 3 is 3.05 bits per heavy atom. The van der Waals surface area contributed by atoms with E-state index in [0.717, 1.165) is 0 Å². The van der Waals surface area contributed by atoms with Crippen molar-refractivity contribution < 1.29 is 14.2 Å². The molecule has 0 aliphatic carbocycles. The molecule has 1 N–H and O–H groups in total. The van der Waals surface area contributed by atoms with E-state index >= 15 is 0 Å². The highest BCUT2D eigenvalue weighted by molar-refractivity contribution is 9.10. The maximum absolute atomic E-state index is 11.8. The summed E-state index contributed by atoms with van der Waals surface area (Å²) in [6.45, 7) is 3.75. The zero-order chi connectivity index (χ0) is 14.7. The predicted molar refractivity (Wildman–Crippen MR) is 74.5 cm³/mol. The molecule has 1 saturated heterocycles. The van der Waals surface area contributed by atoms with Crippen LogP contribution in [0.15, 0.2) is 33.1 Å². The summed E-state index contributed by atoms with van der Waals surface area (Å²) in [5.41, 5.74) is -0.998. The van der Waals surface area contributed by atoms with Crippen molar-refractivity contribution in [1.29, 1.82) is 0 Å². The Balaban J connectivity index is 2.22. The maximum atomic E-state index is 11.8. The van der Waals surface area contributed by atoms with Crippen LogP contribution in [0.5, 0.6) is 0 Å². The van der Waals surface area contributed by atoms with Crippen molar-refractivity contribution in [2.45, 2.75) is 24.9 Å². The molecule has 1 aliphatic heterocycles. The van der Waals surface area contributed by atoms with Crippen molar-refractivity contribution in [2.75, 3.05) is 13.7 Å². The highest BCUT2D eigenvalue weighted by Gasteiger charge is 2.37. The lowest BCUT2D eigenvalue weighted by Gasteiger charge is -2.16. The van der Waals surface area contributed by atoms with Crippen molar-refractivity contribution in [3.05, 3.63) is 44.3 Å². The second-order valence-electron chi connectivity index (χ2n) is 4.28. The molecule has 110 valence electrons. The number of H-pyrrole nitrogens is 1. The summed E-state index contributed by atoms with van der Waals surface area (Å²) in [7, 11) is 1.57. The van der Waals surface area contributed by atoms with E-state index in [1.807, 2.05) is 0 Å². The molecule has 1 fully saturated rings. The predicted octanol–water partition coefficient (Wildman–Crippen LogP) is 0.762. The molecule has 8 heteroatoms. The van der Waals surface area contributed by atoms with Gasteiger partial charge in [-0.25, -0.2) is 4.79 Å². The average molecular weight is 347 g/mol. The van der Waals surface area contributed by atoms with E-state index in [4.69, 9.17) is 14.2 Å². The molecule has 0 unspecified atom stereocenters. The summed E-state index contributed by atoms with van der Waals surface area (Å²) >= 11 is 3.09. The van der Waals surface area contributed by atoms with Gasteiger partial charge in [-0.05, 0) is 15.9 Å². The van der Waals surface area contributed by atoms with Crippen LogP contribution in [0, 0.1) is 0 Å². The highest BCUT2D eigenvalue weighted by atomic mass is 79.9. The second-order valence-corrected chi connectivity index (χ2v) is 5.14. The molecule has 0 amide bonds. The molecule has 2 rings (SSSR count). The first-order chi connectivity index (χ1) is 9.56. The number of aromatic amines is 1. The van der Waals surface area contributed by atoms with Gasteiger partial charge in [-0.1, -0.05) is 6.58 Å². The third-order valence-electron chi connectivity index (χ3n) is 3.10. The van der Waals surface area contributed by atoms with Gasteiger partial charge < -0.3 is 14.2 Å². The second kappa shape index (κ2) is 6.38. The van der Waals surface area contributed by atoms with Gasteiger partial charge in [0.05, 0.1) is 16.8 Å². The van der Waals surface area contributed by atoms with Crippen LogP contribution >= 0.6 is 15.9 Å². The Bertz CT molecular complexity index is 596. The normalized spacial score (nSPS) is 25.6. The molecular weight excluding hydrogens is 332 g/mol. The topological polar surface area (TPSA) is 82.5 Å². The van der Waals surface area contributed by atoms with E-state index < -0.39 is 17.5 Å². The number of halogens is 1. The third kappa shape index (κ3) is 3.02. The van der Waals surface area contributed by atoms with Gasteiger partial charge in [0.25, 0.3) is 5.56 Å². The van der Waals surface area contributed by atoms with Crippen LogP contribution in [0.4, 0.5) is 0 Å². The lowest BCUT2D eigenvalue weighted by molar-refractivity contribution is -0.0559. The summed E-state index contributed by atoms with van der Waals surface area (Å²) < 4.78 is 17.8. The fraction of sp³-hybridized carbons (Fsp3) is 0.500. The first-order valence-electron chi connectivity index (χ1n) is 5.98. The molecule has 1 aliphatic rings. The lowest BCUT2D eigenvalue weighted by atomic mass is 10.2. The molecule has 3 atom stereocenters. The molecule has 7 nitrogen and oxygen atoms in total. The van der Waals surface area contributed by atoms with Gasteiger partial charge in [-0.3, -0.25) is 14.3 Å². The Labute approximate surface area is 123 Å². The number of methoxy groups -OCH3 is 1. The molecule has 2 heterocycles. The quantitative estimate of drug-likeness (QED) is 0.796. The van der Waals surface area contributed by atoms with E-state index in [2.05, 4.69) is 27.5 Å². The summed E-state index contributed by atoms with van der Waals surface area (Å²) in [6.07, 6.45) is 2.21. The minimum atomic E-state index is -0.525. The monoisotopic (exact) mass is 346 g/mol. The molecule has 0 aromatic carbocycles. The van der Waals surface area contributed by atoms with Gasteiger partial charge in [-0.2, -0.15) is 0 Å². The first kappa shape index (κ1) is 15.0. The van der Waals surface area contributed by atoms with Gasteiger partial charge >= 0.3 is 5.69 Å². The zero-order valence-corrected chi connectivity index (χ0v) is 12.5. The van der Waals surface area contributed by atoms with Gasteiger partial charge in [0.2, 0.25) is 0 Å². The molecule has 1 aromatic rings. The Hall–Kier alpha value is -1.38. The number of nitrogens with zero attached hydrogens (tertiary/aromatic N) is 1. The Morgan fingerprint density at radius 1 is 1.65 bits per heavy atom. The summed E-state index contributed by atoms with van der Waals surface area (Å²) in [5.74, 6) is 0. The van der Waals surface area contributed by atoms with Crippen molar-refractivity contribution in [3.8, 4) is 0 Å². The van der Waals surface area contributed by atoms with E-state index in [0.29, 0.717) is 6.42 Å². The van der Waals surface area contributed by atoms with Crippen LogP contribution in [0.3, 0.4) is 0 Å². The van der Waals surface area contributed by atoms with Crippen LogP contribution in [0.2, 0.25) is 0 Å². The maximum Gasteiger partial charge on any atom is 0.330 e. The minimum Gasteiger partial charge on any atom is -0.499 e. The van der Waals surface area contributed by atoms with Crippen LogP contribution in [-0.4, -0.2) is 35.5 Å². The SMILES string of the molecule is C=COC[C@H]1O[C@@H](n2cc(Br)c(=O)[nH]c2=O)C[C@@H]1OC. The molecule has 1 aromatic heterocycles. The van der Waals surface area contributed by atoms with Crippen LogP contribution in [0.1, 0.15) is 12.6 Å². The first-order valence-corrected chi connectivity index (χ1v) is 6.77. The molecular formula is C12H15BrN2O5. The van der Waals surface area contributed by atoms with E-state index in [9.17, 15) is 9.59 Å². The Morgan fingerprint density at radius 2 is 2.40 bits per heavy atom. The van der Waals surface area contributed by atoms with E-state index in [1.54, 1.807) is 7.11 Å². The van der Waals surface area contributed by atoms with Crippen molar-refractivity contribution in [1.82, 2.24) is 9.55 Å². The van der Waals surface area contributed by atoms with Gasteiger partial charge in [-0.15, -0.1) is 0 Å². The van der Waals surface area contributed by atoms with Gasteiger partial charge in [0.15, 0.2) is 0 Å². The largest absolute Gasteiger partial charge is 0.499 e. The summed E-state index contributed by atoms with van der Waals surface area (Å²) in [6, 6.07) is 0. The van der Waals surface area contributed by atoms with Gasteiger partial charge in [0, 0.05) is 19.7 Å². The van der Waals surface area contributed by atoms with Crippen LogP contribution in [0.25, 0.3) is 0 Å². The summed E-state index contributed by atoms with van der Waals surface area (Å²) in [5, 5.41) is 0. The van der Waals surface area contributed by atoms with Crippen molar-refractivity contribution in [3.63, 3.8) is 0 Å². The van der Waals surface area contributed by atoms with Crippen molar-refractivity contribution in [2.24, 2.45) is 0 Å². The fourth-order valence-corrected chi connectivity index (χ4v) is 2.43. The van der Waals surface area contributed by atoms with Crippen LogP contribution < -0.4 is 11.2 Å². The zero-order valence-electron chi connectivity index (χ0n) is 10.9. The lowest BCUT2D eigenvalue weighted by Crippen LogP contribution is -2.32. The number of ether oxygens (including phenoxy) is 3. The molecule has 0 bridgehead atoms. The Kier molecular flexibility index (Phi) is 4.79. The highest BCUT2D eigenvalue weighted by Crippen LogP contribution is 2.29. The van der Waals surface area contributed by atoms with E-state index in [1.165, 1.54) is 17.0 Å². The molecule has 0 radical (unpaired) electrons. The third-order valence-corrected chi connectivity index (χ3v) is 3.66. The van der Waals surface area contributed by atoms with Gasteiger partial charge in [0.1, 0.15) is 18.9 Å². The standard InChI is InChI=1S/C12H15BrN2O5/c1-3-19-6-9-8(18-2)4-10(20-9)15-5-7(13)11(16)14-12(15)17/h3,5,8-10H,1,4,6H2,2H3,(H,14,16,17)/t8-,9+,10+/m0/s1. The van der Waals surface area contributed by atoms with Crippen molar-refractivity contribution >= 4 is 15.9 Å². The molecule has 0 spiro atoms. The summed E-state index contributed by atoms with van der Waals surface area (Å²) in [4.78, 5) is 25.3. The average Bonchev–Trinajstić information content (AvgIpc) is 2.83. The minimum absolute atomic E-state index is 0.197. The van der Waals surface area contributed by atoms with Crippen LogP contribution in [-0.2, 0) is 14.2 Å². The number of aromatic nitrogens is 2. The molecule has 20 heavy (non-hydrogen) atoms. The number of hydrogen-bond acceptors (Lipinski definition) is 5. The van der Waals surface area contributed by atoms with E-state index in [-0.39, 0.29) is 23.3 Å². The number of nitrogens with one attached hydrogen (secondary N) is 1. The smallest absolute Gasteiger partial charge is 0.330 e. The fourth-order valence-electron chi connectivity index (χ4n) is 2.11. The molecule has 0 saturated carbocycles.